The molecule has 30 heavy (non-hydrogen) atoms. The maximum absolute atomic E-state index is 12.8. The zero-order chi connectivity index (χ0) is 22.1. The standard InChI is InChI=1S/C22H28N2O4S2/c1-15-6-11-18-19(13-22(2,3)28-20(18)12-15)23-21(25)14-24(4)30(26,27)17-9-7-16(29-5)8-10-17/h6-12,19H,13-14H2,1-5H3,(H,23,25)/t19-/m1/s1. The number of nitrogens with one attached hydrogen (secondary N) is 1. The van der Waals surface area contributed by atoms with Gasteiger partial charge in [0.2, 0.25) is 15.9 Å². The minimum Gasteiger partial charge on any atom is -0.487 e. The second-order valence-electron chi connectivity index (χ2n) is 8.16. The highest BCUT2D eigenvalue weighted by Gasteiger charge is 2.35. The summed E-state index contributed by atoms with van der Waals surface area (Å²) in [6.07, 6.45) is 2.53. The molecule has 162 valence electrons. The Morgan fingerprint density at radius 2 is 1.90 bits per heavy atom. The minimum atomic E-state index is -3.75. The van der Waals surface area contributed by atoms with E-state index < -0.39 is 15.6 Å². The van der Waals surface area contributed by atoms with Gasteiger partial charge in [-0.3, -0.25) is 4.79 Å². The van der Waals surface area contributed by atoms with Gasteiger partial charge in [0.25, 0.3) is 0 Å². The fraction of sp³-hybridized carbons (Fsp3) is 0.409. The predicted octanol–water partition coefficient (Wildman–Crippen LogP) is 3.76. The van der Waals surface area contributed by atoms with E-state index in [1.165, 1.54) is 18.8 Å². The van der Waals surface area contributed by atoms with Crippen molar-refractivity contribution in [2.75, 3.05) is 19.8 Å². The molecule has 1 aliphatic heterocycles. The normalized spacial score (nSPS) is 17.9. The highest BCUT2D eigenvalue weighted by molar-refractivity contribution is 7.98. The van der Waals surface area contributed by atoms with E-state index in [2.05, 4.69) is 5.32 Å². The van der Waals surface area contributed by atoms with E-state index >= 15 is 0 Å². The Morgan fingerprint density at radius 3 is 2.53 bits per heavy atom. The van der Waals surface area contributed by atoms with Crippen LogP contribution in [-0.4, -0.2) is 44.1 Å². The molecule has 0 aromatic heterocycles. The first-order valence-corrected chi connectivity index (χ1v) is 12.4. The molecule has 0 saturated heterocycles. The summed E-state index contributed by atoms with van der Waals surface area (Å²) in [5, 5.41) is 2.99. The third kappa shape index (κ3) is 4.99. The summed E-state index contributed by atoms with van der Waals surface area (Å²) < 4.78 is 32.8. The van der Waals surface area contributed by atoms with Crippen molar-refractivity contribution in [2.45, 2.75) is 48.6 Å². The van der Waals surface area contributed by atoms with Crippen LogP contribution in [0.1, 0.15) is 37.4 Å². The summed E-state index contributed by atoms with van der Waals surface area (Å²) in [7, 11) is -2.33. The number of hydrogen-bond donors (Lipinski definition) is 1. The first-order valence-electron chi connectivity index (χ1n) is 9.71. The molecule has 0 bridgehead atoms. The lowest BCUT2D eigenvalue weighted by atomic mass is 9.89. The van der Waals surface area contributed by atoms with Gasteiger partial charge in [0.05, 0.1) is 17.5 Å². The van der Waals surface area contributed by atoms with Crippen molar-refractivity contribution in [1.29, 1.82) is 0 Å². The minimum absolute atomic E-state index is 0.170. The van der Waals surface area contributed by atoms with Crippen molar-refractivity contribution < 1.29 is 17.9 Å². The molecular weight excluding hydrogens is 420 g/mol. The number of fused-ring (bicyclic) bond motifs is 1. The molecule has 8 heteroatoms. The fourth-order valence-electron chi connectivity index (χ4n) is 3.54. The van der Waals surface area contributed by atoms with Crippen LogP contribution in [0.15, 0.2) is 52.3 Å². The molecule has 1 atom stereocenters. The molecular formula is C22H28N2O4S2. The number of carbonyl (C=O) groups excluding carboxylic acids is 1. The highest BCUT2D eigenvalue weighted by Crippen LogP contribution is 2.39. The van der Waals surface area contributed by atoms with Crippen molar-refractivity contribution >= 4 is 27.7 Å². The van der Waals surface area contributed by atoms with Gasteiger partial charge in [0.15, 0.2) is 0 Å². The van der Waals surface area contributed by atoms with Crippen molar-refractivity contribution in [1.82, 2.24) is 9.62 Å². The van der Waals surface area contributed by atoms with Gasteiger partial charge in [-0.15, -0.1) is 11.8 Å². The van der Waals surface area contributed by atoms with Crippen molar-refractivity contribution in [3.63, 3.8) is 0 Å². The molecule has 0 spiro atoms. The van der Waals surface area contributed by atoms with Crippen LogP contribution in [0, 0.1) is 6.92 Å². The number of aryl methyl sites for hydroxylation is 1. The fourth-order valence-corrected chi connectivity index (χ4v) is 5.08. The summed E-state index contributed by atoms with van der Waals surface area (Å²) in [6.45, 7) is 5.69. The molecule has 6 nitrogen and oxygen atoms in total. The van der Waals surface area contributed by atoms with E-state index in [9.17, 15) is 13.2 Å². The number of ether oxygens (including phenoxy) is 1. The maximum atomic E-state index is 12.8. The molecule has 0 aliphatic carbocycles. The third-order valence-electron chi connectivity index (χ3n) is 5.10. The van der Waals surface area contributed by atoms with Crippen molar-refractivity contribution in [3.8, 4) is 5.75 Å². The lowest BCUT2D eigenvalue weighted by Crippen LogP contribution is -2.44. The molecule has 1 N–H and O–H groups in total. The number of benzene rings is 2. The summed E-state index contributed by atoms with van der Waals surface area (Å²) in [5.74, 6) is 0.405. The molecule has 1 heterocycles. The van der Waals surface area contributed by atoms with E-state index in [1.54, 1.807) is 24.3 Å². The lowest BCUT2D eigenvalue weighted by molar-refractivity contribution is -0.122. The Labute approximate surface area is 183 Å². The van der Waals surface area contributed by atoms with E-state index in [4.69, 9.17) is 4.74 Å². The number of nitrogens with zero attached hydrogens (tertiary/aromatic N) is 1. The first kappa shape index (κ1) is 22.7. The number of thioether (sulfide) groups is 1. The average molecular weight is 449 g/mol. The zero-order valence-electron chi connectivity index (χ0n) is 17.9. The lowest BCUT2D eigenvalue weighted by Gasteiger charge is -2.38. The largest absolute Gasteiger partial charge is 0.487 e. The number of rotatable bonds is 6. The Bertz CT molecular complexity index is 1030. The van der Waals surface area contributed by atoms with Crippen LogP contribution in [0.4, 0.5) is 0 Å². The van der Waals surface area contributed by atoms with Gasteiger partial charge in [0.1, 0.15) is 11.4 Å². The zero-order valence-corrected chi connectivity index (χ0v) is 19.6. The molecule has 1 amide bonds. The van der Waals surface area contributed by atoms with Crippen LogP contribution in [0.2, 0.25) is 0 Å². The molecule has 3 rings (SSSR count). The van der Waals surface area contributed by atoms with Gasteiger partial charge >= 0.3 is 0 Å². The number of sulfonamides is 1. The maximum Gasteiger partial charge on any atom is 0.243 e. The van der Waals surface area contributed by atoms with Gasteiger partial charge in [-0.2, -0.15) is 4.31 Å². The summed E-state index contributed by atoms with van der Waals surface area (Å²) in [4.78, 5) is 13.9. The Balaban J connectivity index is 1.73. The van der Waals surface area contributed by atoms with Crippen molar-refractivity contribution in [3.05, 3.63) is 53.6 Å². The van der Waals surface area contributed by atoms with Gasteiger partial charge in [-0.25, -0.2) is 8.42 Å². The van der Waals surface area contributed by atoms with Crippen LogP contribution in [0.3, 0.4) is 0 Å². The number of likely N-dealkylation sites (N-methyl/N-ethyl adjacent to an activating group) is 1. The molecule has 0 saturated carbocycles. The Kier molecular flexibility index (Phi) is 6.50. The molecule has 0 fully saturated rings. The van der Waals surface area contributed by atoms with Crippen LogP contribution in [-0.2, 0) is 14.8 Å². The third-order valence-corrected chi connectivity index (χ3v) is 7.66. The quantitative estimate of drug-likeness (QED) is 0.681. The second-order valence-corrected chi connectivity index (χ2v) is 11.1. The topological polar surface area (TPSA) is 75.7 Å². The summed E-state index contributed by atoms with van der Waals surface area (Å²) >= 11 is 1.54. The van der Waals surface area contributed by atoms with E-state index in [0.717, 1.165) is 26.1 Å². The second kappa shape index (κ2) is 8.61. The number of amides is 1. The SMILES string of the molecule is CSc1ccc(S(=O)(=O)N(C)CC(=O)N[C@@H]2CC(C)(C)Oc3cc(C)ccc32)cc1. The molecule has 0 unspecified atom stereocenters. The highest BCUT2D eigenvalue weighted by atomic mass is 32.2. The monoisotopic (exact) mass is 448 g/mol. The van der Waals surface area contributed by atoms with Crippen molar-refractivity contribution in [2.24, 2.45) is 0 Å². The molecule has 0 radical (unpaired) electrons. The smallest absolute Gasteiger partial charge is 0.243 e. The van der Waals surface area contributed by atoms with Gasteiger partial charge < -0.3 is 10.1 Å². The molecule has 2 aromatic rings. The summed E-state index contributed by atoms with van der Waals surface area (Å²) in [5.41, 5.74) is 1.55. The van der Waals surface area contributed by atoms with Crippen LogP contribution < -0.4 is 10.1 Å². The van der Waals surface area contributed by atoms with Gasteiger partial charge in [0, 0.05) is 23.9 Å². The number of carbonyl (C=O) groups is 1. The van der Waals surface area contributed by atoms with Crippen LogP contribution >= 0.6 is 11.8 Å². The van der Waals surface area contributed by atoms with E-state index in [1.807, 2.05) is 45.2 Å². The van der Waals surface area contributed by atoms with E-state index in [-0.39, 0.29) is 23.4 Å². The number of hydrogen-bond acceptors (Lipinski definition) is 5. The van der Waals surface area contributed by atoms with Gasteiger partial charge in [-0.1, -0.05) is 12.1 Å². The predicted molar refractivity (Wildman–Crippen MR) is 119 cm³/mol. The first-order chi connectivity index (χ1) is 14.0. The molecule has 1 aliphatic rings. The summed E-state index contributed by atoms with van der Waals surface area (Å²) in [6, 6.07) is 12.3. The van der Waals surface area contributed by atoms with Crippen LogP contribution in [0.25, 0.3) is 0 Å². The molecule has 2 aromatic carbocycles. The van der Waals surface area contributed by atoms with Gasteiger partial charge in [-0.05, 0) is 62.9 Å². The van der Waals surface area contributed by atoms with Crippen LogP contribution in [0.5, 0.6) is 5.75 Å². The Morgan fingerprint density at radius 1 is 1.23 bits per heavy atom. The average Bonchev–Trinajstić information content (AvgIpc) is 2.66. The van der Waals surface area contributed by atoms with E-state index in [0.29, 0.717) is 6.42 Å². The Hall–Kier alpha value is -2.03.